The number of likely N-dealkylation sites (tertiary alicyclic amines) is 1. The Morgan fingerprint density at radius 3 is 2.92 bits per heavy atom. The van der Waals surface area contributed by atoms with Crippen molar-refractivity contribution in [2.24, 2.45) is 5.92 Å². The lowest BCUT2D eigenvalue weighted by Gasteiger charge is -2.34. The van der Waals surface area contributed by atoms with E-state index in [1.54, 1.807) is 31.0 Å². The highest BCUT2D eigenvalue weighted by molar-refractivity contribution is 5.78. The van der Waals surface area contributed by atoms with E-state index in [1.165, 1.54) is 13.2 Å². The molecule has 1 saturated heterocycles. The molecule has 1 amide bonds. The van der Waals surface area contributed by atoms with Crippen LogP contribution in [0.3, 0.4) is 0 Å². The lowest BCUT2D eigenvalue weighted by Crippen LogP contribution is -2.44. The minimum Gasteiger partial charge on any atom is -0.494 e. The second-order valence-corrected chi connectivity index (χ2v) is 6.60. The predicted octanol–water partition coefficient (Wildman–Crippen LogP) is 1.89. The van der Waals surface area contributed by atoms with Gasteiger partial charge in [0.1, 0.15) is 0 Å². The molecule has 1 N–H and O–H groups in total. The Hall–Kier alpha value is -1.66. The van der Waals surface area contributed by atoms with Gasteiger partial charge in [-0.05, 0) is 49.9 Å². The van der Waals surface area contributed by atoms with Crippen LogP contribution in [0.15, 0.2) is 18.2 Å². The van der Waals surface area contributed by atoms with Crippen LogP contribution in [0.4, 0.5) is 4.39 Å². The number of piperidine rings is 1. The lowest BCUT2D eigenvalue weighted by molar-refractivity contribution is -0.132. The van der Waals surface area contributed by atoms with Crippen LogP contribution in [-0.4, -0.2) is 60.7 Å². The second kappa shape index (κ2) is 8.44. The molecule has 0 bridgehead atoms. The highest BCUT2D eigenvalue weighted by atomic mass is 19.1. The molecule has 1 aliphatic rings. The van der Waals surface area contributed by atoms with Crippen molar-refractivity contribution < 1.29 is 19.0 Å². The van der Waals surface area contributed by atoms with E-state index in [4.69, 9.17) is 4.74 Å². The fourth-order valence-electron chi connectivity index (χ4n) is 3.11. The molecule has 0 saturated carbocycles. The average Bonchev–Trinajstić information content (AvgIpc) is 2.55. The van der Waals surface area contributed by atoms with Gasteiger partial charge in [-0.1, -0.05) is 6.07 Å². The molecule has 0 radical (unpaired) electrons. The molecule has 0 spiro atoms. The van der Waals surface area contributed by atoms with E-state index >= 15 is 0 Å². The van der Waals surface area contributed by atoms with Crippen molar-refractivity contribution in [3.05, 3.63) is 29.6 Å². The van der Waals surface area contributed by atoms with Crippen LogP contribution in [0.5, 0.6) is 5.75 Å². The smallest absolute Gasteiger partial charge is 0.236 e. The summed E-state index contributed by atoms with van der Waals surface area (Å²) in [7, 11) is 3.15. The molecule has 0 aromatic heterocycles. The third-order valence-corrected chi connectivity index (χ3v) is 4.64. The van der Waals surface area contributed by atoms with Crippen LogP contribution in [0, 0.1) is 11.7 Å². The third kappa shape index (κ3) is 4.92. The SMILES string of the molecule is COc1ccc(CN(C)C(=O)CN2CCCC(C(C)O)C2)cc1F. The number of carbonyl (C=O) groups excluding carboxylic acids is 1. The number of likely N-dealkylation sites (N-methyl/N-ethyl adjacent to an activating group) is 1. The van der Waals surface area contributed by atoms with Gasteiger partial charge in [0.25, 0.3) is 0 Å². The highest BCUT2D eigenvalue weighted by Gasteiger charge is 2.25. The number of halogens is 1. The Labute approximate surface area is 143 Å². The maximum absolute atomic E-state index is 13.7. The van der Waals surface area contributed by atoms with Gasteiger partial charge < -0.3 is 14.7 Å². The van der Waals surface area contributed by atoms with Crippen molar-refractivity contribution in [1.82, 2.24) is 9.80 Å². The van der Waals surface area contributed by atoms with Crippen molar-refractivity contribution in [2.75, 3.05) is 33.8 Å². The summed E-state index contributed by atoms with van der Waals surface area (Å²) in [5.74, 6) is 0.00174. The molecule has 134 valence electrons. The zero-order chi connectivity index (χ0) is 17.7. The zero-order valence-electron chi connectivity index (χ0n) is 14.7. The number of methoxy groups -OCH3 is 1. The number of aliphatic hydroxyl groups excluding tert-OH is 1. The van der Waals surface area contributed by atoms with Crippen molar-refractivity contribution >= 4 is 5.91 Å². The summed E-state index contributed by atoms with van der Waals surface area (Å²) >= 11 is 0. The van der Waals surface area contributed by atoms with E-state index < -0.39 is 5.82 Å². The lowest BCUT2D eigenvalue weighted by atomic mass is 9.93. The second-order valence-electron chi connectivity index (χ2n) is 6.60. The number of ether oxygens (including phenoxy) is 1. The van der Waals surface area contributed by atoms with Gasteiger partial charge in [0.05, 0.1) is 19.8 Å². The quantitative estimate of drug-likeness (QED) is 0.861. The third-order valence-electron chi connectivity index (χ3n) is 4.64. The maximum atomic E-state index is 13.7. The van der Waals surface area contributed by atoms with Crippen molar-refractivity contribution in [3.63, 3.8) is 0 Å². The summed E-state index contributed by atoms with van der Waals surface area (Å²) < 4.78 is 18.6. The number of aliphatic hydroxyl groups is 1. The first kappa shape index (κ1) is 18.7. The van der Waals surface area contributed by atoms with Gasteiger partial charge in [-0.3, -0.25) is 9.69 Å². The van der Waals surface area contributed by atoms with Gasteiger partial charge in [0.15, 0.2) is 11.6 Å². The molecule has 5 nitrogen and oxygen atoms in total. The Morgan fingerprint density at radius 1 is 1.54 bits per heavy atom. The van der Waals surface area contributed by atoms with Gasteiger partial charge in [0, 0.05) is 20.1 Å². The van der Waals surface area contributed by atoms with Crippen molar-refractivity contribution in [3.8, 4) is 5.75 Å². The first-order valence-electron chi connectivity index (χ1n) is 8.37. The van der Waals surface area contributed by atoms with E-state index in [1.807, 2.05) is 0 Å². The Kier molecular flexibility index (Phi) is 6.57. The summed E-state index contributed by atoms with van der Waals surface area (Å²) in [6, 6.07) is 4.73. The van der Waals surface area contributed by atoms with E-state index in [0.29, 0.717) is 13.1 Å². The van der Waals surface area contributed by atoms with Crippen LogP contribution in [0.1, 0.15) is 25.3 Å². The molecule has 2 rings (SSSR count). The number of amides is 1. The fraction of sp³-hybridized carbons (Fsp3) is 0.611. The normalized spacial score (nSPS) is 19.8. The van der Waals surface area contributed by atoms with Crippen LogP contribution in [0.2, 0.25) is 0 Å². The first-order valence-corrected chi connectivity index (χ1v) is 8.37. The minimum absolute atomic E-state index is 0.00234. The molecule has 24 heavy (non-hydrogen) atoms. The van der Waals surface area contributed by atoms with E-state index in [2.05, 4.69) is 4.90 Å². The van der Waals surface area contributed by atoms with Gasteiger partial charge in [-0.25, -0.2) is 4.39 Å². The number of carbonyl (C=O) groups is 1. The molecule has 1 aromatic carbocycles. The Balaban J connectivity index is 1.89. The number of hydrogen-bond donors (Lipinski definition) is 1. The largest absolute Gasteiger partial charge is 0.494 e. The van der Waals surface area contributed by atoms with Gasteiger partial charge in [0.2, 0.25) is 5.91 Å². The van der Waals surface area contributed by atoms with Crippen LogP contribution < -0.4 is 4.74 Å². The predicted molar refractivity (Wildman–Crippen MR) is 90.3 cm³/mol. The summed E-state index contributed by atoms with van der Waals surface area (Å²) in [5, 5.41) is 9.73. The minimum atomic E-state index is -0.424. The topological polar surface area (TPSA) is 53.0 Å². The van der Waals surface area contributed by atoms with Crippen molar-refractivity contribution in [1.29, 1.82) is 0 Å². The van der Waals surface area contributed by atoms with Gasteiger partial charge in [-0.2, -0.15) is 0 Å². The van der Waals surface area contributed by atoms with Gasteiger partial charge in [-0.15, -0.1) is 0 Å². The molecule has 1 heterocycles. The van der Waals surface area contributed by atoms with E-state index in [9.17, 15) is 14.3 Å². The number of nitrogens with zero attached hydrogens (tertiary/aromatic N) is 2. The molecule has 1 fully saturated rings. The molecule has 1 aliphatic heterocycles. The molecule has 0 aliphatic carbocycles. The molecule has 1 aromatic rings. The number of rotatable bonds is 6. The summed E-state index contributed by atoms with van der Waals surface area (Å²) in [6.07, 6.45) is 1.66. The Morgan fingerprint density at radius 2 is 2.29 bits per heavy atom. The van der Waals surface area contributed by atoms with Crippen molar-refractivity contribution in [2.45, 2.75) is 32.4 Å². The summed E-state index contributed by atoms with van der Waals surface area (Å²) in [4.78, 5) is 16.1. The average molecular weight is 338 g/mol. The number of hydrogen-bond acceptors (Lipinski definition) is 4. The summed E-state index contributed by atoms with van der Waals surface area (Å²) in [6.45, 7) is 4.11. The molecule has 6 heteroatoms. The molecule has 2 unspecified atom stereocenters. The monoisotopic (exact) mass is 338 g/mol. The maximum Gasteiger partial charge on any atom is 0.236 e. The molecular formula is C18H27FN2O3. The molecular weight excluding hydrogens is 311 g/mol. The van der Waals surface area contributed by atoms with E-state index in [-0.39, 0.29) is 23.7 Å². The van der Waals surface area contributed by atoms with Gasteiger partial charge >= 0.3 is 0 Å². The Bertz CT molecular complexity index is 565. The van der Waals surface area contributed by atoms with Crippen LogP contribution in [0.25, 0.3) is 0 Å². The number of benzene rings is 1. The highest BCUT2D eigenvalue weighted by Crippen LogP contribution is 2.20. The first-order chi connectivity index (χ1) is 11.4. The molecule has 2 atom stereocenters. The van der Waals surface area contributed by atoms with E-state index in [0.717, 1.165) is 31.5 Å². The summed E-state index contributed by atoms with van der Waals surface area (Å²) in [5.41, 5.74) is 0.727. The zero-order valence-corrected chi connectivity index (χ0v) is 14.7. The fourth-order valence-corrected chi connectivity index (χ4v) is 3.11. The van der Waals surface area contributed by atoms with Crippen LogP contribution in [-0.2, 0) is 11.3 Å². The van der Waals surface area contributed by atoms with Crippen LogP contribution >= 0.6 is 0 Å². The standard InChI is InChI=1S/C18H27FN2O3/c1-13(22)15-5-4-8-21(11-15)12-18(23)20(2)10-14-6-7-17(24-3)16(19)9-14/h6-7,9,13,15,22H,4-5,8,10-12H2,1-3H3.